The summed E-state index contributed by atoms with van der Waals surface area (Å²) < 4.78 is 44.2. The van der Waals surface area contributed by atoms with Crippen molar-refractivity contribution in [3.63, 3.8) is 0 Å². The number of aliphatic carboxylic acids is 1. The summed E-state index contributed by atoms with van der Waals surface area (Å²) in [7, 11) is 0. The van der Waals surface area contributed by atoms with Gasteiger partial charge in [0.1, 0.15) is 11.9 Å². The monoisotopic (exact) mass is 631 g/mol. The third kappa shape index (κ3) is 11.3. The standard InChI is InChI=1S/C35H44F3NO4S/c1-23-20-27(21-24(2)33(23)25-11-13-26(14-12-25)34(3,4)5)43-29(10-8-6-7-9-18-35(36,37)38)30-16-15-28(44-30)22-31(40)39-19-17-32(41)42/h11-16,20-21,29H,6-10,17-19,22H2,1-5H3,(H,39,40)(H,41,42). The molecule has 1 amide bonds. The highest BCUT2D eigenvalue weighted by Gasteiger charge is 2.26. The van der Waals surface area contributed by atoms with Crippen molar-refractivity contribution in [3.05, 3.63) is 75.0 Å². The Labute approximate surface area is 262 Å². The van der Waals surface area contributed by atoms with Crippen molar-refractivity contribution in [1.82, 2.24) is 5.32 Å². The lowest BCUT2D eigenvalue weighted by atomic mass is 9.85. The molecule has 0 aliphatic rings. The minimum absolute atomic E-state index is 0.0689. The van der Waals surface area contributed by atoms with Crippen LogP contribution in [0.15, 0.2) is 48.5 Å². The predicted octanol–water partition coefficient (Wildman–Crippen LogP) is 9.49. The zero-order valence-electron chi connectivity index (χ0n) is 26.3. The molecule has 5 nitrogen and oxygen atoms in total. The van der Waals surface area contributed by atoms with Crippen molar-refractivity contribution in [2.45, 2.75) is 104 Å². The van der Waals surface area contributed by atoms with Crippen molar-refractivity contribution in [1.29, 1.82) is 0 Å². The maximum absolute atomic E-state index is 12.5. The third-order valence-corrected chi connectivity index (χ3v) is 8.67. The van der Waals surface area contributed by atoms with Gasteiger partial charge < -0.3 is 15.2 Å². The van der Waals surface area contributed by atoms with E-state index in [1.165, 1.54) is 16.9 Å². The highest BCUT2D eigenvalue weighted by molar-refractivity contribution is 7.12. The number of amides is 1. The SMILES string of the molecule is Cc1cc(OC(CCCCCCC(F)(F)F)c2ccc(CC(=O)NCCC(=O)O)s2)cc(C)c1-c1ccc(C(C)(C)C)cc1. The summed E-state index contributed by atoms with van der Waals surface area (Å²) in [4.78, 5) is 24.8. The molecule has 3 aromatic rings. The first kappa shape index (κ1) is 35.2. The number of unbranched alkanes of at least 4 members (excludes halogenated alkanes) is 3. The quantitative estimate of drug-likeness (QED) is 0.164. The third-order valence-electron chi connectivity index (χ3n) is 7.50. The number of ether oxygens (including phenoxy) is 1. The number of carboxylic acid groups (broad SMARTS) is 1. The predicted molar refractivity (Wildman–Crippen MR) is 170 cm³/mol. The van der Waals surface area contributed by atoms with Crippen molar-refractivity contribution < 1.29 is 32.6 Å². The van der Waals surface area contributed by atoms with Gasteiger partial charge in [0.25, 0.3) is 0 Å². The van der Waals surface area contributed by atoms with Gasteiger partial charge in [0.05, 0.1) is 12.8 Å². The number of nitrogens with one attached hydrogen (secondary N) is 1. The first-order valence-electron chi connectivity index (χ1n) is 15.1. The Kier molecular flexibility index (Phi) is 12.5. The van der Waals surface area contributed by atoms with Crippen LogP contribution in [0.4, 0.5) is 13.2 Å². The highest BCUT2D eigenvalue weighted by atomic mass is 32.1. The first-order chi connectivity index (χ1) is 20.6. The van der Waals surface area contributed by atoms with Crippen molar-refractivity contribution >= 4 is 23.2 Å². The molecule has 0 aliphatic carbocycles. The first-order valence-corrected chi connectivity index (χ1v) is 16.0. The highest BCUT2D eigenvalue weighted by Crippen LogP contribution is 2.37. The summed E-state index contributed by atoms with van der Waals surface area (Å²) in [6.07, 6.45) is -2.59. The maximum Gasteiger partial charge on any atom is 0.389 e. The summed E-state index contributed by atoms with van der Waals surface area (Å²) >= 11 is 1.46. The van der Waals surface area contributed by atoms with Crippen LogP contribution in [-0.4, -0.2) is 29.7 Å². The van der Waals surface area contributed by atoms with Crippen LogP contribution >= 0.6 is 11.3 Å². The van der Waals surface area contributed by atoms with Gasteiger partial charge >= 0.3 is 12.1 Å². The molecule has 0 aliphatic heterocycles. The van der Waals surface area contributed by atoms with E-state index in [9.17, 15) is 22.8 Å². The van der Waals surface area contributed by atoms with E-state index in [1.807, 2.05) is 24.3 Å². The Hall–Kier alpha value is -3.33. The number of carbonyl (C=O) groups excluding carboxylic acids is 1. The van der Waals surface area contributed by atoms with Crippen LogP contribution in [-0.2, 0) is 21.4 Å². The van der Waals surface area contributed by atoms with Crippen LogP contribution in [0.5, 0.6) is 5.75 Å². The minimum Gasteiger partial charge on any atom is -0.485 e. The molecule has 0 radical (unpaired) electrons. The Morgan fingerprint density at radius 2 is 1.57 bits per heavy atom. The second-order valence-electron chi connectivity index (χ2n) is 12.4. The Morgan fingerprint density at radius 3 is 2.16 bits per heavy atom. The fourth-order valence-corrected chi connectivity index (χ4v) is 6.28. The van der Waals surface area contributed by atoms with E-state index in [2.05, 4.69) is 64.2 Å². The molecule has 240 valence electrons. The Bertz CT molecular complexity index is 1370. The Balaban J connectivity index is 1.75. The molecule has 9 heteroatoms. The number of thiophene rings is 1. The molecule has 1 heterocycles. The van der Waals surface area contributed by atoms with Crippen LogP contribution in [0.1, 0.15) is 98.3 Å². The molecule has 1 aromatic heterocycles. The van der Waals surface area contributed by atoms with Crippen molar-refractivity contribution in [2.75, 3.05) is 6.54 Å². The lowest BCUT2D eigenvalue weighted by molar-refractivity contribution is -0.137. The zero-order chi connectivity index (χ0) is 32.5. The normalized spacial score (nSPS) is 12.6. The van der Waals surface area contributed by atoms with Crippen LogP contribution in [0.25, 0.3) is 11.1 Å². The maximum atomic E-state index is 12.5. The number of hydrogen-bond donors (Lipinski definition) is 2. The van der Waals surface area contributed by atoms with E-state index >= 15 is 0 Å². The van der Waals surface area contributed by atoms with Gasteiger partial charge in [-0.2, -0.15) is 13.2 Å². The fraction of sp³-hybridized carbons (Fsp3) is 0.486. The van der Waals surface area contributed by atoms with Gasteiger partial charge in [-0.15, -0.1) is 11.3 Å². The fourth-order valence-electron chi connectivity index (χ4n) is 5.21. The smallest absolute Gasteiger partial charge is 0.389 e. The van der Waals surface area contributed by atoms with Crippen LogP contribution < -0.4 is 10.1 Å². The molecule has 2 aromatic carbocycles. The Morgan fingerprint density at radius 1 is 0.932 bits per heavy atom. The van der Waals surface area contributed by atoms with Gasteiger partial charge in [0, 0.05) is 22.7 Å². The van der Waals surface area contributed by atoms with E-state index < -0.39 is 18.6 Å². The van der Waals surface area contributed by atoms with Gasteiger partial charge in [-0.25, -0.2) is 0 Å². The summed E-state index contributed by atoms with van der Waals surface area (Å²) in [6, 6.07) is 16.5. The molecule has 0 saturated heterocycles. The van der Waals surface area contributed by atoms with Crippen LogP contribution in [0.2, 0.25) is 0 Å². The number of rotatable bonds is 15. The lowest BCUT2D eigenvalue weighted by Crippen LogP contribution is -2.27. The summed E-state index contributed by atoms with van der Waals surface area (Å²) in [5, 5.41) is 11.4. The van der Waals surface area contributed by atoms with E-state index in [-0.39, 0.29) is 43.2 Å². The minimum atomic E-state index is -4.13. The molecule has 1 unspecified atom stereocenters. The van der Waals surface area contributed by atoms with Crippen molar-refractivity contribution in [3.8, 4) is 16.9 Å². The molecular weight excluding hydrogens is 587 g/mol. The van der Waals surface area contributed by atoms with Crippen molar-refractivity contribution in [2.24, 2.45) is 0 Å². The second kappa shape index (κ2) is 15.6. The molecule has 0 fully saturated rings. The molecule has 0 bridgehead atoms. The average Bonchev–Trinajstić information content (AvgIpc) is 3.36. The van der Waals surface area contributed by atoms with Crippen LogP contribution in [0.3, 0.4) is 0 Å². The lowest BCUT2D eigenvalue weighted by Gasteiger charge is -2.21. The number of hydrogen-bond acceptors (Lipinski definition) is 4. The molecule has 0 spiro atoms. The second-order valence-corrected chi connectivity index (χ2v) is 13.6. The summed E-state index contributed by atoms with van der Waals surface area (Å²) in [5.41, 5.74) is 5.80. The number of carbonyl (C=O) groups is 2. The van der Waals surface area contributed by atoms with Gasteiger partial charge in [0.15, 0.2) is 0 Å². The molecule has 3 rings (SSSR count). The van der Waals surface area contributed by atoms with E-state index in [0.29, 0.717) is 25.7 Å². The molecule has 44 heavy (non-hydrogen) atoms. The number of carboxylic acids is 1. The van der Waals surface area contributed by atoms with Gasteiger partial charge in [-0.05, 0) is 90.6 Å². The zero-order valence-corrected chi connectivity index (χ0v) is 27.1. The number of benzene rings is 2. The summed E-state index contributed by atoms with van der Waals surface area (Å²) in [6.45, 7) is 10.8. The molecular formula is C35H44F3NO4S. The van der Waals surface area contributed by atoms with E-state index in [0.717, 1.165) is 37.8 Å². The molecule has 2 N–H and O–H groups in total. The van der Waals surface area contributed by atoms with E-state index in [1.54, 1.807) is 0 Å². The summed E-state index contributed by atoms with van der Waals surface area (Å²) in [5.74, 6) is -0.503. The number of aryl methyl sites for hydroxylation is 2. The number of alkyl halides is 3. The topological polar surface area (TPSA) is 75.6 Å². The van der Waals surface area contributed by atoms with Gasteiger partial charge in [-0.3, -0.25) is 9.59 Å². The molecule has 1 atom stereocenters. The number of halogens is 3. The van der Waals surface area contributed by atoms with Gasteiger partial charge in [0.2, 0.25) is 5.91 Å². The average molecular weight is 632 g/mol. The van der Waals surface area contributed by atoms with Gasteiger partial charge in [-0.1, -0.05) is 57.9 Å². The largest absolute Gasteiger partial charge is 0.485 e. The molecule has 0 saturated carbocycles. The van der Waals surface area contributed by atoms with E-state index in [4.69, 9.17) is 9.84 Å². The van der Waals surface area contributed by atoms with Crippen LogP contribution in [0, 0.1) is 13.8 Å².